The number of nitrogens with zero attached hydrogens (tertiary/aromatic N) is 5. The van der Waals surface area contributed by atoms with Gasteiger partial charge in [0.25, 0.3) is 0 Å². The second-order valence-corrected chi connectivity index (χ2v) is 6.86. The molecule has 0 atom stereocenters. The first kappa shape index (κ1) is 17.2. The number of carbonyl (C=O) groups is 1. The summed E-state index contributed by atoms with van der Waals surface area (Å²) < 4.78 is 1.66. The molecule has 1 N–H and O–H groups in total. The molecule has 0 spiro atoms. The van der Waals surface area contributed by atoms with Crippen LogP contribution in [0.5, 0.6) is 0 Å². The lowest BCUT2D eigenvalue weighted by Gasteiger charge is -2.06. The fraction of sp³-hybridized carbons (Fsp3) is 0.105. The minimum atomic E-state index is -0.104. The van der Waals surface area contributed by atoms with Gasteiger partial charge in [-0.2, -0.15) is 4.68 Å². The number of para-hydroxylation sites is 1. The van der Waals surface area contributed by atoms with Crippen molar-refractivity contribution < 1.29 is 4.79 Å². The van der Waals surface area contributed by atoms with Gasteiger partial charge in [-0.1, -0.05) is 47.3 Å². The van der Waals surface area contributed by atoms with Crippen LogP contribution in [-0.4, -0.2) is 36.6 Å². The molecule has 2 heterocycles. The van der Waals surface area contributed by atoms with Crippen molar-refractivity contribution in [1.82, 2.24) is 25.0 Å². The zero-order valence-corrected chi connectivity index (χ0v) is 15.3. The molecule has 4 aromatic rings. The fourth-order valence-corrected chi connectivity index (χ4v) is 3.36. The number of nitrogens with one attached hydrogen (secondary N) is 1. The van der Waals surface area contributed by atoms with Gasteiger partial charge >= 0.3 is 0 Å². The van der Waals surface area contributed by atoms with E-state index in [1.807, 2.05) is 61.5 Å². The van der Waals surface area contributed by atoms with Crippen LogP contribution in [0.25, 0.3) is 16.9 Å². The highest BCUT2D eigenvalue weighted by Crippen LogP contribution is 2.24. The third-order valence-corrected chi connectivity index (χ3v) is 4.83. The van der Waals surface area contributed by atoms with Crippen LogP contribution in [0.15, 0.2) is 66.0 Å². The Hall–Kier alpha value is -3.26. The lowest BCUT2D eigenvalue weighted by Crippen LogP contribution is -2.14. The van der Waals surface area contributed by atoms with E-state index in [0.29, 0.717) is 16.2 Å². The van der Waals surface area contributed by atoms with Crippen LogP contribution in [0.1, 0.15) is 5.56 Å². The Kier molecular flexibility index (Phi) is 4.80. The molecule has 8 heteroatoms. The monoisotopic (exact) mass is 376 g/mol. The molecule has 2 aromatic carbocycles. The highest BCUT2D eigenvalue weighted by atomic mass is 32.2. The third kappa shape index (κ3) is 3.80. The number of aromatic nitrogens is 5. The number of benzene rings is 2. The minimum Gasteiger partial charge on any atom is -0.325 e. The predicted molar refractivity (Wildman–Crippen MR) is 105 cm³/mol. The molecule has 1 amide bonds. The van der Waals surface area contributed by atoms with Gasteiger partial charge in [-0.05, 0) is 36.8 Å². The molecule has 7 nitrogen and oxygen atoms in total. The summed E-state index contributed by atoms with van der Waals surface area (Å²) in [7, 11) is 0. The van der Waals surface area contributed by atoms with Crippen molar-refractivity contribution in [3.05, 3.63) is 66.5 Å². The summed E-state index contributed by atoms with van der Waals surface area (Å²) in [5.41, 5.74) is 3.93. The molecule has 0 saturated carbocycles. The number of amides is 1. The maximum atomic E-state index is 12.2. The van der Waals surface area contributed by atoms with Gasteiger partial charge in [0, 0.05) is 5.69 Å². The minimum absolute atomic E-state index is 0.104. The maximum absolute atomic E-state index is 12.2. The molecule has 0 aliphatic rings. The van der Waals surface area contributed by atoms with Crippen LogP contribution in [0.2, 0.25) is 0 Å². The summed E-state index contributed by atoms with van der Waals surface area (Å²) in [6.07, 6.45) is 1.46. The molecular weight excluding hydrogens is 360 g/mol. The van der Waals surface area contributed by atoms with Gasteiger partial charge in [-0.25, -0.2) is 9.97 Å². The number of hydrogen-bond donors (Lipinski definition) is 1. The Morgan fingerprint density at radius 1 is 1.11 bits per heavy atom. The number of anilines is 1. The molecule has 0 radical (unpaired) electrons. The van der Waals surface area contributed by atoms with Gasteiger partial charge in [-0.15, -0.1) is 5.10 Å². The van der Waals surface area contributed by atoms with Crippen LogP contribution in [0, 0.1) is 6.92 Å². The quantitative estimate of drug-likeness (QED) is 0.425. The number of rotatable bonds is 5. The number of hydrogen-bond acceptors (Lipinski definition) is 6. The van der Waals surface area contributed by atoms with Crippen LogP contribution < -0.4 is 5.32 Å². The highest BCUT2D eigenvalue weighted by Gasteiger charge is 2.14. The summed E-state index contributed by atoms with van der Waals surface area (Å²) >= 11 is 1.31. The Morgan fingerprint density at radius 2 is 1.96 bits per heavy atom. The van der Waals surface area contributed by atoms with Gasteiger partial charge < -0.3 is 5.32 Å². The zero-order valence-electron chi connectivity index (χ0n) is 14.5. The van der Waals surface area contributed by atoms with E-state index in [9.17, 15) is 4.79 Å². The zero-order chi connectivity index (χ0) is 18.6. The summed E-state index contributed by atoms with van der Waals surface area (Å²) in [5, 5.41) is 11.9. The van der Waals surface area contributed by atoms with E-state index in [1.165, 1.54) is 18.1 Å². The molecule has 0 aliphatic heterocycles. The van der Waals surface area contributed by atoms with Gasteiger partial charge in [-0.3, -0.25) is 4.79 Å². The number of carbonyl (C=O) groups excluding carboxylic acids is 1. The molecular formula is C19H16N6OS. The summed E-state index contributed by atoms with van der Waals surface area (Å²) in [6.45, 7) is 1.98. The summed E-state index contributed by atoms with van der Waals surface area (Å²) in [5.74, 6) is 0.117. The van der Waals surface area contributed by atoms with Crippen LogP contribution in [0.3, 0.4) is 0 Å². The van der Waals surface area contributed by atoms with E-state index in [4.69, 9.17) is 0 Å². The molecule has 134 valence electrons. The van der Waals surface area contributed by atoms with Crippen molar-refractivity contribution in [3.63, 3.8) is 0 Å². The van der Waals surface area contributed by atoms with Crippen molar-refractivity contribution in [2.75, 3.05) is 11.1 Å². The van der Waals surface area contributed by atoms with Crippen molar-refractivity contribution in [3.8, 4) is 5.69 Å². The third-order valence-electron chi connectivity index (χ3n) is 3.85. The average molecular weight is 376 g/mol. The largest absolute Gasteiger partial charge is 0.325 e. The molecule has 0 aliphatic carbocycles. The van der Waals surface area contributed by atoms with Crippen molar-refractivity contribution in [1.29, 1.82) is 0 Å². The van der Waals surface area contributed by atoms with Gasteiger partial charge in [0.05, 0.1) is 11.4 Å². The van der Waals surface area contributed by atoms with E-state index in [0.717, 1.165) is 16.9 Å². The predicted octanol–water partition coefficient (Wildman–Crippen LogP) is 3.25. The van der Waals surface area contributed by atoms with Crippen molar-refractivity contribution >= 4 is 34.5 Å². The maximum Gasteiger partial charge on any atom is 0.234 e. The molecule has 0 fully saturated rings. The first-order valence-electron chi connectivity index (χ1n) is 8.32. The Morgan fingerprint density at radius 3 is 2.78 bits per heavy atom. The van der Waals surface area contributed by atoms with Crippen molar-refractivity contribution in [2.24, 2.45) is 0 Å². The summed E-state index contributed by atoms with van der Waals surface area (Å²) in [6, 6.07) is 17.3. The Bertz CT molecular complexity index is 1100. The molecule has 4 rings (SSSR count). The van der Waals surface area contributed by atoms with Gasteiger partial charge in [0.1, 0.15) is 11.4 Å². The molecule has 0 bridgehead atoms. The molecule has 0 saturated heterocycles. The standard InChI is InChI=1S/C19H16N6OS/c1-13-6-5-7-14(10-13)22-16(26)11-27-19-17-18(20-12-21-19)25(24-23-17)15-8-3-2-4-9-15/h2-10,12H,11H2,1H3,(H,22,26). The molecule has 0 unspecified atom stereocenters. The summed E-state index contributed by atoms with van der Waals surface area (Å²) in [4.78, 5) is 20.8. The first-order valence-corrected chi connectivity index (χ1v) is 9.30. The number of fused-ring (bicyclic) bond motifs is 1. The Labute approximate surface area is 159 Å². The molecule has 27 heavy (non-hydrogen) atoms. The Balaban J connectivity index is 1.51. The lowest BCUT2D eigenvalue weighted by molar-refractivity contribution is -0.113. The van der Waals surface area contributed by atoms with E-state index < -0.39 is 0 Å². The average Bonchev–Trinajstić information content (AvgIpc) is 3.12. The molecule has 2 aromatic heterocycles. The van der Waals surface area contributed by atoms with E-state index in [-0.39, 0.29) is 11.7 Å². The van der Waals surface area contributed by atoms with E-state index in [2.05, 4.69) is 25.6 Å². The highest BCUT2D eigenvalue weighted by molar-refractivity contribution is 8.00. The second-order valence-electron chi connectivity index (χ2n) is 5.89. The SMILES string of the molecule is Cc1cccc(NC(=O)CSc2ncnc3c2nnn3-c2ccccc2)c1. The fourth-order valence-electron chi connectivity index (χ4n) is 2.63. The smallest absolute Gasteiger partial charge is 0.234 e. The van der Waals surface area contributed by atoms with Crippen LogP contribution in [0.4, 0.5) is 5.69 Å². The number of thioether (sulfide) groups is 1. The van der Waals surface area contributed by atoms with E-state index >= 15 is 0 Å². The van der Waals surface area contributed by atoms with Crippen molar-refractivity contribution in [2.45, 2.75) is 11.9 Å². The van der Waals surface area contributed by atoms with Crippen LogP contribution in [-0.2, 0) is 4.79 Å². The normalized spacial score (nSPS) is 10.9. The van der Waals surface area contributed by atoms with Gasteiger partial charge in [0.2, 0.25) is 5.91 Å². The second kappa shape index (κ2) is 7.55. The van der Waals surface area contributed by atoms with Gasteiger partial charge in [0.15, 0.2) is 11.2 Å². The lowest BCUT2D eigenvalue weighted by atomic mass is 10.2. The van der Waals surface area contributed by atoms with E-state index in [1.54, 1.807) is 4.68 Å². The first-order chi connectivity index (χ1) is 13.2. The number of aryl methyl sites for hydroxylation is 1. The topological polar surface area (TPSA) is 85.6 Å². The van der Waals surface area contributed by atoms with Crippen LogP contribution >= 0.6 is 11.8 Å².